The number of aromatic nitrogens is 1. The number of methoxy groups -OCH3 is 1. The first-order valence-electron chi connectivity index (χ1n) is 9.15. The number of ether oxygens (including phenoxy) is 1. The van der Waals surface area contributed by atoms with Crippen LogP contribution >= 0.6 is 0 Å². The predicted octanol–water partition coefficient (Wildman–Crippen LogP) is 1.87. The normalized spacial score (nSPS) is 16.7. The van der Waals surface area contributed by atoms with Crippen LogP contribution in [0.3, 0.4) is 0 Å². The Labute approximate surface area is 159 Å². The molecule has 2 heterocycles. The zero-order valence-electron chi connectivity index (χ0n) is 15.9. The third-order valence-corrected chi connectivity index (χ3v) is 4.93. The van der Waals surface area contributed by atoms with Crippen molar-refractivity contribution in [2.24, 2.45) is 5.92 Å². The molecule has 1 atom stereocenters. The van der Waals surface area contributed by atoms with Crippen LogP contribution in [0.1, 0.15) is 12.0 Å². The number of pyridine rings is 1. The van der Waals surface area contributed by atoms with E-state index in [2.05, 4.69) is 10.3 Å². The molecule has 2 aromatic rings. The van der Waals surface area contributed by atoms with Crippen LogP contribution in [0.15, 0.2) is 36.7 Å². The van der Waals surface area contributed by atoms with Crippen molar-refractivity contribution in [3.8, 4) is 0 Å². The van der Waals surface area contributed by atoms with E-state index in [0.717, 1.165) is 16.3 Å². The van der Waals surface area contributed by atoms with Gasteiger partial charge in [0.05, 0.1) is 6.61 Å². The topological polar surface area (TPSA) is 74.8 Å². The zero-order chi connectivity index (χ0) is 19.2. The van der Waals surface area contributed by atoms with Crippen molar-refractivity contribution in [3.05, 3.63) is 42.2 Å². The van der Waals surface area contributed by atoms with Crippen molar-refractivity contribution < 1.29 is 14.3 Å². The number of nitrogens with one attached hydrogen (secondary N) is 1. The van der Waals surface area contributed by atoms with Gasteiger partial charge in [-0.25, -0.2) is 4.79 Å². The monoisotopic (exact) mass is 370 g/mol. The standard InChI is InChI=1S/C20H26N4O3/c1-23(14-17-5-3-4-16-12-21-7-6-18(16)17)20(26)22-11-15-10-19(25)24(13-15)8-9-27-2/h3-7,12,15H,8-11,13-14H2,1-2H3,(H,22,26)/t15-/m0/s1. The fourth-order valence-electron chi connectivity index (χ4n) is 3.43. The Morgan fingerprint density at radius 2 is 2.26 bits per heavy atom. The predicted molar refractivity (Wildman–Crippen MR) is 103 cm³/mol. The molecule has 0 aliphatic carbocycles. The van der Waals surface area contributed by atoms with E-state index in [9.17, 15) is 9.59 Å². The summed E-state index contributed by atoms with van der Waals surface area (Å²) < 4.78 is 5.03. The molecular formula is C20H26N4O3. The molecule has 1 N–H and O–H groups in total. The molecule has 0 bridgehead atoms. The van der Waals surface area contributed by atoms with Gasteiger partial charge in [-0.1, -0.05) is 18.2 Å². The first-order chi connectivity index (χ1) is 13.1. The molecule has 1 aliphatic heterocycles. The average Bonchev–Trinajstić information content (AvgIpc) is 3.04. The number of urea groups is 1. The summed E-state index contributed by atoms with van der Waals surface area (Å²) in [7, 11) is 3.40. The lowest BCUT2D eigenvalue weighted by Gasteiger charge is -2.20. The van der Waals surface area contributed by atoms with Gasteiger partial charge in [0.25, 0.3) is 0 Å². The van der Waals surface area contributed by atoms with E-state index in [4.69, 9.17) is 4.74 Å². The smallest absolute Gasteiger partial charge is 0.317 e. The summed E-state index contributed by atoms with van der Waals surface area (Å²) >= 11 is 0. The lowest BCUT2D eigenvalue weighted by atomic mass is 10.1. The molecule has 0 unspecified atom stereocenters. The number of hydrogen-bond donors (Lipinski definition) is 1. The fourth-order valence-corrected chi connectivity index (χ4v) is 3.43. The first kappa shape index (κ1) is 19.1. The Balaban J connectivity index is 1.52. The van der Waals surface area contributed by atoms with Crippen molar-refractivity contribution in [2.75, 3.05) is 40.4 Å². The molecule has 1 aromatic heterocycles. The van der Waals surface area contributed by atoms with Gasteiger partial charge in [-0.2, -0.15) is 0 Å². The summed E-state index contributed by atoms with van der Waals surface area (Å²) in [5, 5.41) is 5.11. The minimum Gasteiger partial charge on any atom is -0.383 e. The highest BCUT2D eigenvalue weighted by Crippen LogP contribution is 2.19. The Bertz CT molecular complexity index is 805. The van der Waals surface area contributed by atoms with E-state index in [1.165, 1.54) is 0 Å². The Morgan fingerprint density at radius 1 is 1.41 bits per heavy atom. The van der Waals surface area contributed by atoms with Crippen molar-refractivity contribution in [1.82, 2.24) is 20.1 Å². The summed E-state index contributed by atoms with van der Waals surface area (Å²) in [4.78, 5) is 32.0. The van der Waals surface area contributed by atoms with Gasteiger partial charge in [-0.3, -0.25) is 9.78 Å². The van der Waals surface area contributed by atoms with Gasteiger partial charge in [0.15, 0.2) is 0 Å². The van der Waals surface area contributed by atoms with Crippen molar-refractivity contribution >= 4 is 22.7 Å². The number of carbonyl (C=O) groups excluding carboxylic acids is 2. The van der Waals surface area contributed by atoms with E-state index in [-0.39, 0.29) is 17.9 Å². The molecule has 1 fully saturated rings. The maximum atomic E-state index is 12.5. The number of carbonyl (C=O) groups is 2. The molecule has 3 rings (SSSR count). The molecule has 3 amide bonds. The Kier molecular flexibility index (Phi) is 6.24. The Morgan fingerprint density at radius 3 is 3.07 bits per heavy atom. The second-order valence-electron chi connectivity index (χ2n) is 6.96. The molecule has 144 valence electrons. The van der Waals surface area contributed by atoms with Gasteiger partial charge in [-0.15, -0.1) is 0 Å². The molecule has 0 spiro atoms. The summed E-state index contributed by atoms with van der Waals surface area (Å²) in [5.74, 6) is 0.277. The van der Waals surface area contributed by atoms with Crippen LogP contribution in [0, 0.1) is 5.92 Å². The van der Waals surface area contributed by atoms with E-state index in [1.807, 2.05) is 30.5 Å². The van der Waals surface area contributed by atoms with E-state index in [1.54, 1.807) is 30.2 Å². The van der Waals surface area contributed by atoms with Crippen molar-refractivity contribution in [1.29, 1.82) is 0 Å². The van der Waals surface area contributed by atoms with Crippen LogP contribution in [0.2, 0.25) is 0 Å². The SMILES string of the molecule is COCCN1C[C@H](CNC(=O)N(C)Cc2cccc3cnccc23)CC1=O. The highest BCUT2D eigenvalue weighted by atomic mass is 16.5. The molecule has 1 aromatic carbocycles. The van der Waals surface area contributed by atoms with Crippen molar-refractivity contribution in [3.63, 3.8) is 0 Å². The maximum absolute atomic E-state index is 12.5. The molecular weight excluding hydrogens is 344 g/mol. The zero-order valence-corrected chi connectivity index (χ0v) is 15.9. The number of benzene rings is 1. The van der Waals surface area contributed by atoms with Gasteiger partial charge < -0.3 is 19.9 Å². The van der Waals surface area contributed by atoms with Gasteiger partial charge >= 0.3 is 6.03 Å². The lowest BCUT2D eigenvalue weighted by molar-refractivity contribution is -0.128. The summed E-state index contributed by atoms with van der Waals surface area (Å²) in [6.07, 6.45) is 4.06. The molecule has 0 radical (unpaired) electrons. The van der Waals surface area contributed by atoms with E-state index in [0.29, 0.717) is 39.2 Å². The number of fused-ring (bicyclic) bond motifs is 1. The van der Waals surface area contributed by atoms with Gasteiger partial charge in [-0.05, 0) is 17.0 Å². The number of nitrogens with zero attached hydrogens (tertiary/aromatic N) is 3. The summed E-state index contributed by atoms with van der Waals surface area (Å²) in [5.41, 5.74) is 1.08. The van der Waals surface area contributed by atoms with E-state index < -0.39 is 0 Å². The average molecular weight is 370 g/mol. The van der Waals surface area contributed by atoms with Crippen molar-refractivity contribution in [2.45, 2.75) is 13.0 Å². The summed E-state index contributed by atoms with van der Waals surface area (Å²) in [6, 6.07) is 7.84. The third kappa shape index (κ3) is 4.74. The van der Waals surface area contributed by atoms with Gasteiger partial charge in [0.2, 0.25) is 5.91 Å². The lowest BCUT2D eigenvalue weighted by Crippen LogP contribution is -2.39. The number of likely N-dealkylation sites (tertiary alicyclic amines) is 1. The quantitative estimate of drug-likeness (QED) is 0.807. The molecule has 1 aliphatic rings. The van der Waals surface area contributed by atoms with E-state index >= 15 is 0 Å². The van der Waals surface area contributed by atoms with Crippen LogP contribution in [-0.2, 0) is 16.1 Å². The highest BCUT2D eigenvalue weighted by molar-refractivity contribution is 5.85. The molecule has 1 saturated heterocycles. The van der Waals surface area contributed by atoms with Crippen LogP contribution in [0.25, 0.3) is 10.8 Å². The number of amides is 3. The maximum Gasteiger partial charge on any atom is 0.317 e. The Hall–Kier alpha value is -2.67. The van der Waals surface area contributed by atoms with Crippen LogP contribution in [-0.4, -0.2) is 67.1 Å². The van der Waals surface area contributed by atoms with Crippen LogP contribution in [0.4, 0.5) is 4.79 Å². The highest BCUT2D eigenvalue weighted by Gasteiger charge is 2.29. The largest absolute Gasteiger partial charge is 0.383 e. The van der Waals surface area contributed by atoms with Crippen LogP contribution in [0.5, 0.6) is 0 Å². The number of hydrogen-bond acceptors (Lipinski definition) is 4. The third-order valence-electron chi connectivity index (χ3n) is 4.93. The second kappa shape index (κ2) is 8.81. The minimum absolute atomic E-state index is 0.129. The molecule has 27 heavy (non-hydrogen) atoms. The minimum atomic E-state index is -0.135. The fraction of sp³-hybridized carbons (Fsp3) is 0.450. The summed E-state index contributed by atoms with van der Waals surface area (Å²) in [6.45, 7) is 2.82. The molecule has 7 nitrogen and oxygen atoms in total. The van der Waals surface area contributed by atoms with Gasteiger partial charge in [0, 0.05) is 70.5 Å². The first-order valence-corrected chi connectivity index (χ1v) is 9.15. The van der Waals surface area contributed by atoms with Gasteiger partial charge in [0.1, 0.15) is 0 Å². The molecule has 0 saturated carbocycles. The second-order valence-corrected chi connectivity index (χ2v) is 6.96. The van der Waals surface area contributed by atoms with Crippen LogP contribution < -0.4 is 5.32 Å². The molecule has 7 heteroatoms. The number of rotatable bonds is 7.